The quantitative estimate of drug-likeness (QED) is 0.654. The summed E-state index contributed by atoms with van der Waals surface area (Å²) in [5.74, 6) is -0.290. The van der Waals surface area contributed by atoms with Crippen molar-refractivity contribution in [3.63, 3.8) is 0 Å². The largest absolute Gasteiger partial charge is 0.457 e. The van der Waals surface area contributed by atoms with Crippen LogP contribution in [0.5, 0.6) is 0 Å². The Hall–Kier alpha value is -2.27. The van der Waals surface area contributed by atoms with Crippen molar-refractivity contribution >= 4 is 23.2 Å². The minimum atomic E-state index is -0.533. The molecule has 3 rings (SSSR count). The molecule has 136 valence electrons. The summed E-state index contributed by atoms with van der Waals surface area (Å²) in [7, 11) is 1.83. The number of likely N-dealkylation sites (N-methyl/N-ethyl adjacent to an activating group) is 1. The lowest BCUT2D eigenvalue weighted by atomic mass is 9.67. The molecule has 1 N–H and O–H groups in total. The Labute approximate surface area is 160 Å². The lowest BCUT2D eigenvalue weighted by Gasteiger charge is -2.43. The first-order valence-corrected chi connectivity index (χ1v) is 9.39. The van der Waals surface area contributed by atoms with Crippen LogP contribution >= 0.6 is 12.2 Å². The molecule has 0 amide bonds. The van der Waals surface area contributed by atoms with Crippen molar-refractivity contribution in [1.29, 1.82) is 0 Å². The molecule has 1 heterocycles. The third kappa shape index (κ3) is 3.36. The van der Waals surface area contributed by atoms with Gasteiger partial charge in [-0.3, -0.25) is 4.98 Å². The second-order valence-electron chi connectivity index (χ2n) is 6.75. The summed E-state index contributed by atoms with van der Waals surface area (Å²) in [6.07, 6.45) is 6.95. The molecule has 4 nitrogen and oxygen atoms in total. The van der Waals surface area contributed by atoms with E-state index in [1.54, 1.807) is 6.20 Å². The maximum Gasteiger partial charge on any atom is 0.338 e. The van der Waals surface area contributed by atoms with Gasteiger partial charge in [-0.25, -0.2) is 4.79 Å². The Morgan fingerprint density at radius 3 is 2.77 bits per heavy atom. The van der Waals surface area contributed by atoms with Crippen LogP contribution in [0.4, 0.5) is 0 Å². The van der Waals surface area contributed by atoms with Gasteiger partial charge in [0.2, 0.25) is 0 Å². The van der Waals surface area contributed by atoms with Gasteiger partial charge in [-0.2, -0.15) is 0 Å². The molecule has 1 aromatic carbocycles. The first-order valence-electron chi connectivity index (χ1n) is 8.99. The van der Waals surface area contributed by atoms with E-state index in [9.17, 15) is 4.79 Å². The summed E-state index contributed by atoms with van der Waals surface area (Å²) in [6, 6.07) is 11.4. The van der Waals surface area contributed by atoms with E-state index < -0.39 is 5.41 Å². The molecule has 0 aliphatic heterocycles. The first-order chi connectivity index (χ1) is 12.6. The molecule has 0 bridgehead atoms. The van der Waals surface area contributed by atoms with E-state index in [1.165, 1.54) is 0 Å². The molecular formula is C21H24N2O2S. The first kappa shape index (κ1) is 18.5. The summed E-state index contributed by atoms with van der Waals surface area (Å²) in [5.41, 5.74) is 1.99. The third-order valence-electron chi connectivity index (χ3n) is 5.26. The molecule has 1 fully saturated rings. The molecule has 0 spiro atoms. The van der Waals surface area contributed by atoms with Crippen molar-refractivity contribution in [1.82, 2.24) is 10.3 Å². The molecule has 1 saturated carbocycles. The van der Waals surface area contributed by atoms with Crippen LogP contribution in [-0.4, -0.2) is 29.1 Å². The average molecular weight is 369 g/mol. The predicted octanol–water partition coefficient (Wildman–Crippen LogP) is 3.97. The highest BCUT2D eigenvalue weighted by atomic mass is 32.1. The highest BCUT2D eigenvalue weighted by Crippen LogP contribution is 2.42. The number of nitrogens with zero attached hydrogens (tertiary/aromatic N) is 1. The van der Waals surface area contributed by atoms with Gasteiger partial charge in [0, 0.05) is 19.4 Å². The zero-order chi connectivity index (χ0) is 18.6. The standard InChI is InChI=1S/C21H24N2O2S/c1-15-8-3-4-10-17(15)19(24)25-18-11-5-6-12-21(18,20(26)22-2)16-9-7-13-23-14-16/h3-4,7-10,13-14,18H,5-6,11-12H2,1-2H3,(H,22,26)/t18-,21+/m1/s1. The number of hydrogen-bond acceptors (Lipinski definition) is 4. The van der Waals surface area contributed by atoms with Crippen LogP contribution in [0.2, 0.25) is 0 Å². The summed E-state index contributed by atoms with van der Waals surface area (Å²) in [4.78, 5) is 17.8. The van der Waals surface area contributed by atoms with E-state index in [1.807, 2.05) is 56.6 Å². The Bertz CT molecular complexity index is 794. The number of aromatic nitrogens is 1. The Morgan fingerprint density at radius 2 is 2.08 bits per heavy atom. The maximum absolute atomic E-state index is 12.9. The van der Waals surface area contributed by atoms with E-state index >= 15 is 0 Å². The normalized spacial score (nSPS) is 22.5. The Balaban J connectivity index is 1.98. The molecular weight excluding hydrogens is 344 g/mol. The average Bonchev–Trinajstić information content (AvgIpc) is 2.68. The minimum absolute atomic E-state index is 0.290. The fourth-order valence-corrected chi connectivity index (χ4v) is 4.22. The molecule has 0 unspecified atom stereocenters. The third-order valence-corrected chi connectivity index (χ3v) is 5.83. The second-order valence-corrected chi connectivity index (χ2v) is 7.16. The Kier molecular flexibility index (Phi) is 5.67. The molecule has 2 atom stereocenters. The number of pyridine rings is 1. The van der Waals surface area contributed by atoms with E-state index in [0.717, 1.165) is 36.8 Å². The highest BCUT2D eigenvalue weighted by molar-refractivity contribution is 7.80. The molecule has 0 radical (unpaired) electrons. The lowest BCUT2D eigenvalue weighted by Crippen LogP contribution is -2.53. The van der Waals surface area contributed by atoms with Gasteiger partial charge in [0.25, 0.3) is 0 Å². The summed E-state index contributed by atoms with van der Waals surface area (Å²) in [5, 5.41) is 3.14. The molecule has 5 heteroatoms. The number of thiocarbonyl (C=S) groups is 1. The second kappa shape index (κ2) is 7.96. The molecule has 1 aromatic heterocycles. The van der Waals surface area contributed by atoms with Crippen LogP contribution in [-0.2, 0) is 10.2 Å². The molecule has 0 saturated heterocycles. The number of carbonyl (C=O) groups excluding carboxylic acids is 1. The number of benzene rings is 1. The van der Waals surface area contributed by atoms with Gasteiger partial charge >= 0.3 is 5.97 Å². The highest BCUT2D eigenvalue weighted by Gasteiger charge is 2.48. The van der Waals surface area contributed by atoms with Crippen molar-refractivity contribution in [2.45, 2.75) is 44.1 Å². The number of hydrogen-bond donors (Lipinski definition) is 1. The summed E-state index contributed by atoms with van der Waals surface area (Å²) < 4.78 is 6.06. The van der Waals surface area contributed by atoms with Crippen molar-refractivity contribution in [3.8, 4) is 0 Å². The monoisotopic (exact) mass is 368 g/mol. The summed E-state index contributed by atoms with van der Waals surface area (Å²) >= 11 is 5.71. The van der Waals surface area contributed by atoms with Gasteiger partial charge in [-0.05, 0) is 49.4 Å². The smallest absolute Gasteiger partial charge is 0.338 e. The number of aryl methyl sites for hydroxylation is 1. The zero-order valence-corrected chi connectivity index (χ0v) is 16.0. The van der Waals surface area contributed by atoms with Gasteiger partial charge in [0.1, 0.15) is 6.10 Å². The van der Waals surface area contributed by atoms with Gasteiger partial charge in [0.15, 0.2) is 0 Å². The molecule has 2 aromatic rings. The van der Waals surface area contributed by atoms with Gasteiger partial charge in [-0.1, -0.05) is 42.9 Å². The number of ether oxygens (including phenoxy) is 1. The van der Waals surface area contributed by atoms with Gasteiger partial charge in [0.05, 0.1) is 16.0 Å². The van der Waals surface area contributed by atoms with E-state index in [-0.39, 0.29) is 12.1 Å². The fraction of sp³-hybridized carbons (Fsp3) is 0.381. The predicted molar refractivity (Wildman–Crippen MR) is 106 cm³/mol. The number of nitrogens with one attached hydrogen (secondary N) is 1. The van der Waals surface area contributed by atoms with Gasteiger partial charge < -0.3 is 10.1 Å². The van der Waals surface area contributed by atoms with Crippen LogP contribution in [0.1, 0.15) is 47.2 Å². The molecule has 1 aliphatic carbocycles. The molecule has 26 heavy (non-hydrogen) atoms. The number of rotatable bonds is 4. The zero-order valence-electron chi connectivity index (χ0n) is 15.2. The minimum Gasteiger partial charge on any atom is -0.457 e. The lowest BCUT2D eigenvalue weighted by molar-refractivity contribution is 0.00423. The fourth-order valence-electron chi connectivity index (χ4n) is 3.87. The number of esters is 1. The number of carbonyl (C=O) groups is 1. The van der Waals surface area contributed by atoms with Crippen LogP contribution < -0.4 is 5.32 Å². The van der Waals surface area contributed by atoms with Gasteiger partial charge in [-0.15, -0.1) is 0 Å². The van der Waals surface area contributed by atoms with E-state index in [4.69, 9.17) is 17.0 Å². The van der Waals surface area contributed by atoms with Crippen LogP contribution in [0, 0.1) is 6.92 Å². The SMILES string of the molecule is CNC(=S)[C@]1(c2cccnc2)CCCC[C@H]1OC(=O)c1ccccc1C. The van der Waals surface area contributed by atoms with Crippen molar-refractivity contribution < 1.29 is 9.53 Å². The van der Waals surface area contributed by atoms with E-state index in [0.29, 0.717) is 10.6 Å². The Morgan fingerprint density at radius 1 is 1.27 bits per heavy atom. The maximum atomic E-state index is 12.9. The van der Waals surface area contributed by atoms with Crippen LogP contribution in [0.3, 0.4) is 0 Å². The van der Waals surface area contributed by atoms with Crippen LogP contribution in [0.25, 0.3) is 0 Å². The topological polar surface area (TPSA) is 51.2 Å². The van der Waals surface area contributed by atoms with Crippen molar-refractivity contribution in [3.05, 3.63) is 65.5 Å². The van der Waals surface area contributed by atoms with Crippen LogP contribution in [0.15, 0.2) is 48.8 Å². The van der Waals surface area contributed by atoms with E-state index in [2.05, 4.69) is 10.3 Å². The molecule has 1 aliphatic rings. The van der Waals surface area contributed by atoms with Crippen molar-refractivity contribution in [2.75, 3.05) is 7.05 Å². The summed E-state index contributed by atoms with van der Waals surface area (Å²) in [6.45, 7) is 1.92. The van der Waals surface area contributed by atoms with Crippen molar-refractivity contribution in [2.24, 2.45) is 0 Å².